The van der Waals surface area contributed by atoms with Crippen LogP contribution in [0.3, 0.4) is 0 Å². The van der Waals surface area contributed by atoms with E-state index >= 15 is 0 Å². The minimum absolute atomic E-state index is 0. The van der Waals surface area contributed by atoms with E-state index in [1.165, 1.54) is 19.3 Å². The van der Waals surface area contributed by atoms with Crippen molar-refractivity contribution in [2.24, 2.45) is 16.7 Å². The molecule has 0 aromatic carbocycles. The number of likely N-dealkylation sites (N-methyl/N-ethyl adjacent to an activating group) is 1. The largest absolute Gasteiger partial charge is 0.389 e. The number of fused-ring (bicyclic) bond motifs is 2. The molecular formula is C18H36Cl2N2O2. The molecule has 2 bridgehead atoms. The standard InChI is InChI=1S/C18H34N2O2.2ClH/c1-17(2)14-5-6-18(17,3)16(11-14)22-13-15(21)12-20-9-7-19(4)8-10-20;;/h14-16,21H,5-13H2,1-4H3;2*1H. The Morgan fingerprint density at radius 2 is 1.75 bits per heavy atom. The molecule has 3 rings (SSSR count). The Morgan fingerprint density at radius 1 is 1.12 bits per heavy atom. The van der Waals surface area contributed by atoms with Crippen LogP contribution in [0.4, 0.5) is 0 Å². The highest BCUT2D eigenvalue weighted by Crippen LogP contribution is 2.66. The zero-order valence-corrected chi connectivity index (χ0v) is 17.3. The monoisotopic (exact) mass is 382 g/mol. The molecular weight excluding hydrogens is 347 g/mol. The highest BCUT2D eigenvalue weighted by Gasteiger charge is 2.61. The van der Waals surface area contributed by atoms with Gasteiger partial charge in [-0.05, 0) is 43.1 Å². The van der Waals surface area contributed by atoms with Gasteiger partial charge in [-0.2, -0.15) is 0 Å². The topological polar surface area (TPSA) is 35.9 Å². The summed E-state index contributed by atoms with van der Waals surface area (Å²) in [6.45, 7) is 12.8. The second kappa shape index (κ2) is 8.41. The van der Waals surface area contributed by atoms with E-state index in [9.17, 15) is 5.11 Å². The van der Waals surface area contributed by atoms with Crippen molar-refractivity contribution >= 4 is 24.8 Å². The predicted molar refractivity (Wildman–Crippen MR) is 103 cm³/mol. The molecule has 1 saturated heterocycles. The first-order chi connectivity index (χ1) is 10.3. The molecule has 24 heavy (non-hydrogen) atoms. The van der Waals surface area contributed by atoms with Crippen LogP contribution in [0, 0.1) is 16.7 Å². The number of aliphatic hydroxyl groups excluding tert-OH is 1. The molecule has 0 amide bonds. The van der Waals surface area contributed by atoms with E-state index in [1.807, 2.05) is 0 Å². The molecule has 4 unspecified atom stereocenters. The summed E-state index contributed by atoms with van der Waals surface area (Å²) in [5.41, 5.74) is 0.686. The third-order valence-electron chi connectivity index (χ3n) is 7.27. The molecule has 3 fully saturated rings. The van der Waals surface area contributed by atoms with Gasteiger partial charge in [-0.15, -0.1) is 24.8 Å². The van der Waals surface area contributed by atoms with Gasteiger partial charge in [0, 0.05) is 32.7 Å². The zero-order valence-electron chi connectivity index (χ0n) is 15.7. The summed E-state index contributed by atoms with van der Waals surface area (Å²) < 4.78 is 6.21. The Bertz CT molecular complexity index is 402. The number of hydrogen-bond donors (Lipinski definition) is 1. The van der Waals surface area contributed by atoms with E-state index in [0.29, 0.717) is 23.5 Å². The molecule has 3 aliphatic rings. The molecule has 144 valence electrons. The maximum absolute atomic E-state index is 10.3. The Balaban J connectivity index is 0.00000144. The average Bonchev–Trinajstić information content (AvgIpc) is 2.80. The smallest absolute Gasteiger partial charge is 0.0900 e. The van der Waals surface area contributed by atoms with E-state index < -0.39 is 0 Å². The van der Waals surface area contributed by atoms with E-state index in [1.54, 1.807) is 0 Å². The molecule has 1 N–H and O–H groups in total. The lowest BCUT2D eigenvalue weighted by Crippen LogP contribution is -2.48. The summed E-state index contributed by atoms with van der Waals surface area (Å²) in [6, 6.07) is 0. The van der Waals surface area contributed by atoms with Gasteiger partial charge in [-0.3, -0.25) is 4.90 Å². The maximum Gasteiger partial charge on any atom is 0.0900 e. The number of ether oxygens (including phenoxy) is 1. The predicted octanol–water partition coefficient (Wildman–Crippen LogP) is 2.67. The highest BCUT2D eigenvalue weighted by atomic mass is 35.5. The van der Waals surface area contributed by atoms with E-state index in [-0.39, 0.29) is 30.9 Å². The number of aliphatic hydroxyl groups is 1. The Labute approximate surface area is 160 Å². The second-order valence-corrected chi connectivity index (χ2v) is 8.69. The second-order valence-electron chi connectivity index (χ2n) is 8.69. The molecule has 1 aliphatic heterocycles. The van der Waals surface area contributed by atoms with Crippen LogP contribution in [0.5, 0.6) is 0 Å². The molecule has 4 nitrogen and oxygen atoms in total. The summed E-state index contributed by atoms with van der Waals surface area (Å²) in [6.07, 6.45) is 3.81. The number of halogens is 2. The van der Waals surface area contributed by atoms with Gasteiger partial charge in [0.15, 0.2) is 0 Å². The summed E-state index contributed by atoms with van der Waals surface area (Å²) in [7, 11) is 2.16. The first-order valence-corrected chi connectivity index (χ1v) is 9.03. The third kappa shape index (κ3) is 4.05. The number of nitrogens with zero attached hydrogens (tertiary/aromatic N) is 2. The molecule has 1 heterocycles. The van der Waals surface area contributed by atoms with Crippen molar-refractivity contribution in [2.75, 3.05) is 46.4 Å². The zero-order chi connectivity index (χ0) is 16.0. The summed E-state index contributed by atoms with van der Waals surface area (Å²) in [5, 5.41) is 10.3. The Kier molecular flexibility index (Phi) is 7.87. The van der Waals surface area contributed by atoms with Crippen molar-refractivity contribution in [3.63, 3.8) is 0 Å². The maximum atomic E-state index is 10.3. The molecule has 6 heteroatoms. The Morgan fingerprint density at radius 3 is 2.25 bits per heavy atom. The fourth-order valence-corrected chi connectivity index (χ4v) is 4.99. The summed E-state index contributed by atoms with van der Waals surface area (Å²) in [5.74, 6) is 0.803. The van der Waals surface area contributed by atoms with Gasteiger partial charge in [-0.1, -0.05) is 20.8 Å². The van der Waals surface area contributed by atoms with Crippen LogP contribution in [0.1, 0.15) is 40.0 Å². The van der Waals surface area contributed by atoms with E-state index in [0.717, 1.165) is 38.6 Å². The van der Waals surface area contributed by atoms with Gasteiger partial charge in [0.1, 0.15) is 0 Å². The van der Waals surface area contributed by atoms with Crippen LogP contribution in [-0.2, 0) is 4.74 Å². The van der Waals surface area contributed by atoms with Crippen molar-refractivity contribution in [1.82, 2.24) is 9.80 Å². The van der Waals surface area contributed by atoms with Gasteiger partial charge in [-0.25, -0.2) is 0 Å². The number of hydrogen-bond acceptors (Lipinski definition) is 4. The number of rotatable bonds is 5. The summed E-state index contributed by atoms with van der Waals surface area (Å²) in [4.78, 5) is 4.71. The minimum Gasteiger partial charge on any atom is -0.389 e. The Hall–Kier alpha value is 0.420. The van der Waals surface area contributed by atoms with Crippen LogP contribution in [-0.4, -0.2) is 73.5 Å². The first kappa shape index (κ1) is 22.5. The highest BCUT2D eigenvalue weighted by molar-refractivity contribution is 5.85. The number of β-amino-alcohol motifs (C(OH)–C–C–N with tert-alkyl or cyclic N) is 1. The van der Waals surface area contributed by atoms with Crippen LogP contribution < -0.4 is 0 Å². The molecule has 0 aromatic rings. The van der Waals surface area contributed by atoms with Crippen LogP contribution in [0.25, 0.3) is 0 Å². The fraction of sp³-hybridized carbons (Fsp3) is 1.00. The third-order valence-corrected chi connectivity index (χ3v) is 7.27. The van der Waals surface area contributed by atoms with Crippen LogP contribution >= 0.6 is 24.8 Å². The van der Waals surface area contributed by atoms with Crippen molar-refractivity contribution in [3.05, 3.63) is 0 Å². The minimum atomic E-state index is -0.353. The normalized spacial score (nSPS) is 36.9. The molecule has 2 aliphatic carbocycles. The van der Waals surface area contributed by atoms with Crippen molar-refractivity contribution in [2.45, 2.75) is 52.2 Å². The van der Waals surface area contributed by atoms with Crippen molar-refractivity contribution in [3.8, 4) is 0 Å². The SMILES string of the molecule is CN1CCN(CC(O)COC2CC3CCC2(C)C3(C)C)CC1.Cl.Cl. The molecule has 0 aromatic heterocycles. The van der Waals surface area contributed by atoms with Crippen molar-refractivity contribution < 1.29 is 9.84 Å². The quantitative estimate of drug-likeness (QED) is 0.792. The fourth-order valence-electron chi connectivity index (χ4n) is 4.99. The van der Waals surface area contributed by atoms with Crippen LogP contribution in [0.2, 0.25) is 0 Å². The van der Waals surface area contributed by atoms with Gasteiger partial charge in [0.05, 0.1) is 18.8 Å². The lowest BCUT2D eigenvalue weighted by molar-refractivity contribution is -0.0804. The van der Waals surface area contributed by atoms with Crippen LogP contribution in [0.15, 0.2) is 0 Å². The summed E-state index contributed by atoms with van der Waals surface area (Å²) >= 11 is 0. The van der Waals surface area contributed by atoms with E-state index in [2.05, 4.69) is 37.6 Å². The molecule has 4 atom stereocenters. The number of piperazine rings is 1. The van der Waals surface area contributed by atoms with Gasteiger partial charge < -0.3 is 14.7 Å². The molecule has 2 saturated carbocycles. The lowest BCUT2D eigenvalue weighted by atomic mass is 9.70. The van der Waals surface area contributed by atoms with Gasteiger partial charge >= 0.3 is 0 Å². The lowest BCUT2D eigenvalue weighted by Gasteiger charge is -2.39. The van der Waals surface area contributed by atoms with Crippen molar-refractivity contribution in [1.29, 1.82) is 0 Å². The average molecular weight is 383 g/mol. The van der Waals surface area contributed by atoms with E-state index in [4.69, 9.17) is 4.74 Å². The molecule has 0 radical (unpaired) electrons. The van der Waals surface area contributed by atoms with Gasteiger partial charge in [0.2, 0.25) is 0 Å². The first-order valence-electron chi connectivity index (χ1n) is 9.03. The van der Waals surface area contributed by atoms with Gasteiger partial charge in [0.25, 0.3) is 0 Å². The molecule has 0 spiro atoms.